The molecule has 0 aliphatic carbocycles. The minimum atomic E-state index is -3.16. The van der Waals surface area contributed by atoms with Crippen molar-refractivity contribution in [2.45, 2.75) is 17.9 Å². The molecule has 3 aromatic carbocycles. The number of nitrogens with zero attached hydrogens (tertiary/aromatic N) is 2. The number of aromatic nitrogens is 2. The van der Waals surface area contributed by atoms with Crippen LogP contribution in [0.3, 0.4) is 0 Å². The fourth-order valence-electron chi connectivity index (χ4n) is 3.47. The number of nitrogens with one attached hydrogen (secondary N) is 1. The van der Waals surface area contributed by atoms with Gasteiger partial charge in [-0.3, -0.25) is 18.8 Å². The van der Waals surface area contributed by atoms with Crippen LogP contribution >= 0.6 is 11.6 Å². The lowest BCUT2D eigenvalue weighted by Gasteiger charge is -2.16. The van der Waals surface area contributed by atoms with Crippen LogP contribution in [0.2, 0.25) is 5.02 Å². The maximum atomic E-state index is 13.2. The lowest BCUT2D eigenvalue weighted by Crippen LogP contribution is -2.22. The van der Waals surface area contributed by atoms with Crippen molar-refractivity contribution in [3.63, 3.8) is 0 Å². The van der Waals surface area contributed by atoms with Gasteiger partial charge < -0.3 is 5.32 Å². The number of carbonyl (C=O) groups excluding carboxylic acids is 1. The molecule has 0 saturated heterocycles. The van der Waals surface area contributed by atoms with Gasteiger partial charge in [0.2, 0.25) is 5.91 Å². The summed E-state index contributed by atoms with van der Waals surface area (Å²) in [5.41, 5.74) is 2.56. The molecular weight excluding hydrogens is 451 g/mol. The van der Waals surface area contributed by atoms with Gasteiger partial charge in [-0.2, -0.15) is 5.10 Å². The summed E-state index contributed by atoms with van der Waals surface area (Å²) < 4.78 is 27.6. The Labute approximate surface area is 190 Å². The van der Waals surface area contributed by atoms with Crippen molar-refractivity contribution in [3.05, 3.63) is 88.8 Å². The second-order valence-electron chi connectivity index (χ2n) is 7.69. The van der Waals surface area contributed by atoms with Gasteiger partial charge in [0.05, 0.1) is 18.5 Å². The predicted octanol–water partition coefficient (Wildman–Crippen LogP) is 3.94. The molecule has 3 N–H and O–H groups in total. The average Bonchev–Trinajstić information content (AvgIpc) is 3.12. The molecule has 32 heavy (non-hydrogen) atoms. The number of hydrogen-bond acceptors (Lipinski definition) is 3. The third-order valence-corrected chi connectivity index (χ3v) is 6.67. The summed E-state index contributed by atoms with van der Waals surface area (Å²) >= 11 is 6.15. The molecule has 4 aromatic rings. The molecule has 166 valence electrons. The standard InChI is InChI=1S/C23H22ClFN4O2S/c1-32(26,31)22-12-18(27-23(30)10-16-4-2-3-5-20(16)24)11-21-19(22)14-29(28-21)13-15-6-8-17(25)9-7-15/h2-9,11-12,14,32H,10,13H2,1H3,(H2,26,31)(H,27,30). The van der Waals surface area contributed by atoms with Gasteiger partial charge in [0.15, 0.2) is 0 Å². The number of anilines is 1. The first-order chi connectivity index (χ1) is 15.2. The molecule has 4 rings (SSSR count). The zero-order chi connectivity index (χ0) is 22.9. The average molecular weight is 473 g/mol. The zero-order valence-corrected chi connectivity index (χ0v) is 18.9. The highest BCUT2D eigenvalue weighted by Gasteiger charge is 2.17. The summed E-state index contributed by atoms with van der Waals surface area (Å²) in [5, 5.41) is 14.5. The minimum Gasteiger partial charge on any atom is -0.326 e. The largest absolute Gasteiger partial charge is 0.326 e. The maximum absolute atomic E-state index is 13.2. The van der Waals surface area contributed by atoms with E-state index in [4.69, 9.17) is 16.7 Å². The SMILES string of the molecule is C[SH](N)(=O)c1cc(NC(=O)Cc2ccccc2Cl)cc2nn(Cc3ccc(F)cc3)cc12. The summed E-state index contributed by atoms with van der Waals surface area (Å²) in [6.45, 7) is 0.404. The predicted molar refractivity (Wildman–Crippen MR) is 127 cm³/mol. The number of carbonyl (C=O) groups is 1. The van der Waals surface area contributed by atoms with E-state index in [1.807, 2.05) is 6.07 Å². The molecule has 9 heteroatoms. The third kappa shape index (κ3) is 5.04. The molecule has 0 radical (unpaired) electrons. The quantitative estimate of drug-likeness (QED) is 0.371. The van der Waals surface area contributed by atoms with Gasteiger partial charge in [-0.15, -0.1) is 0 Å². The van der Waals surface area contributed by atoms with Crippen molar-refractivity contribution in [1.82, 2.24) is 9.78 Å². The Hall–Kier alpha value is -3.07. The number of thiol groups is 1. The van der Waals surface area contributed by atoms with E-state index < -0.39 is 10.1 Å². The summed E-state index contributed by atoms with van der Waals surface area (Å²) in [4.78, 5) is 13.0. The van der Waals surface area contributed by atoms with Gasteiger partial charge in [0.1, 0.15) is 5.82 Å². The van der Waals surface area contributed by atoms with Gasteiger partial charge in [0, 0.05) is 33.4 Å². The van der Waals surface area contributed by atoms with Crippen LogP contribution in [-0.4, -0.2) is 26.2 Å². The zero-order valence-electron chi connectivity index (χ0n) is 17.3. The molecular formula is C23H22ClFN4O2S. The van der Waals surface area contributed by atoms with Gasteiger partial charge in [-0.25, -0.2) is 4.39 Å². The molecule has 1 amide bonds. The van der Waals surface area contributed by atoms with Crippen LogP contribution in [0.25, 0.3) is 10.9 Å². The first kappa shape index (κ1) is 22.1. The Bertz CT molecular complexity index is 1350. The minimum absolute atomic E-state index is 0.0957. The highest BCUT2D eigenvalue weighted by atomic mass is 35.5. The van der Waals surface area contributed by atoms with E-state index in [1.165, 1.54) is 18.4 Å². The summed E-state index contributed by atoms with van der Waals surface area (Å²) in [7, 11) is -3.16. The lowest BCUT2D eigenvalue weighted by molar-refractivity contribution is -0.115. The van der Waals surface area contributed by atoms with Crippen LogP contribution in [0.15, 0.2) is 71.8 Å². The van der Waals surface area contributed by atoms with Crippen LogP contribution in [0.1, 0.15) is 11.1 Å². The summed E-state index contributed by atoms with van der Waals surface area (Å²) in [6, 6.07) is 16.6. The van der Waals surface area contributed by atoms with E-state index in [0.29, 0.717) is 38.6 Å². The van der Waals surface area contributed by atoms with E-state index in [1.54, 1.807) is 53.3 Å². The normalized spacial score (nSPS) is 12.1. The van der Waals surface area contributed by atoms with Crippen molar-refractivity contribution >= 4 is 44.2 Å². The Morgan fingerprint density at radius 3 is 2.59 bits per heavy atom. The van der Waals surface area contributed by atoms with E-state index in [2.05, 4.69) is 10.4 Å². The fourth-order valence-corrected chi connectivity index (χ4v) is 4.72. The third-order valence-electron chi connectivity index (χ3n) is 4.98. The molecule has 0 atom stereocenters. The van der Waals surface area contributed by atoms with E-state index in [-0.39, 0.29) is 18.1 Å². The summed E-state index contributed by atoms with van der Waals surface area (Å²) in [6.07, 6.45) is 3.32. The van der Waals surface area contributed by atoms with E-state index in [9.17, 15) is 13.4 Å². The van der Waals surface area contributed by atoms with Crippen LogP contribution in [0, 0.1) is 5.82 Å². The molecule has 0 spiro atoms. The van der Waals surface area contributed by atoms with Gasteiger partial charge in [-0.05, 0) is 51.6 Å². The number of hydrogen-bond donors (Lipinski definition) is 3. The topological polar surface area (TPSA) is 90.0 Å². The van der Waals surface area contributed by atoms with Crippen LogP contribution < -0.4 is 10.5 Å². The Morgan fingerprint density at radius 1 is 1.19 bits per heavy atom. The Balaban J connectivity index is 1.64. The number of nitrogens with two attached hydrogens (primary N) is 1. The molecule has 0 fully saturated rings. The van der Waals surface area contributed by atoms with Crippen molar-refractivity contribution < 1.29 is 13.4 Å². The van der Waals surface area contributed by atoms with E-state index >= 15 is 0 Å². The van der Waals surface area contributed by atoms with Gasteiger partial charge >= 0.3 is 0 Å². The number of amides is 1. The highest BCUT2D eigenvalue weighted by molar-refractivity contribution is 8.00. The first-order valence-electron chi connectivity index (χ1n) is 9.84. The summed E-state index contributed by atoms with van der Waals surface area (Å²) in [5.74, 6) is -0.578. The second kappa shape index (κ2) is 8.82. The monoisotopic (exact) mass is 472 g/mol. The van der Waals surface area contributed by atoms with Crippen molar-refractivity contribution in [2.75, 3.05) is 11.6 Å². The van der Waals surface area contributed by atoms with Crippen molar-refractivity contribution in [1.29, 1.82) is 0 Å². The first-order valence-corrected chi connectivity index (χ1v) is 12.4. The molecule has 0 saturated carbocycles. The molecule has 0 aliphatic heterocycles. The Morgan fingerprint density at radius 2 is 1.91 bits per heavy atom. The van der Waals surface area contributed by atoms with Crippen molar-refractivity contribution in [2.24, 2.45) is 5.14 Å². The van der Waals surface area contributed by atoms with E-state index in [0.717, 1.165) is 5.56 Å². The fraction of sp³-hybridized carbons (Fsp3) is 0.130. The van der Waals surface area contributed by atoms with Crippen LogP contribution in [0.4, 0.5) is 10.1 Å². The molecule has 0 bridgehead atoms. The molecule has 0 aliphatic rings. The van der Waals surface area contributed by atoms with Crippen LogP contribution in [0.5, 0.6) is 0 Å². The van der Waals surface area contributed by atoms with Crippen LogP contribution in [-0.2, 0) is 27.9 Å². The number of rotatable bonds is 6. The van der Waals surface area contributed by atoms with Crippen molar-refractivity contribution in [3.8, 4) is 0 Å². The molecule has 0 unspecified atom stereocenters. The highest BCUT2D eigenvalue weighted by Crippen LogP contribution is 2.28. The molecule has 1 aromatic heterocycles. The van der Waals surface area contributed by atoms with Gasteiger partial charge in [-0.1, -0.05) is 41.9 Å². The maximum Gasteiger partial charge on any atom is 0.228 e. The Kier molecular flexibility index (Phi) is 6.10. The molecule has 1 heterocycles. The van der Waals surface area contributed by atoms with Gasteiger partial charge in [0.25, 0.3) is 0 Å². The smallest absolute Gasteiger partial charge is 0.228 e. The molecule has 6 nitrogen and oxygen atoms in total. The number of benzene rings is 3. The second-order valence-corrected chi connectivity index (χ2v) is 10.6. The number of halogens is 2. The lowest BCUT2D eigenvalue weighted by atomic mass is 10.1. The number of fused-ring (bicyclic) bond motifs is 1.